The number of aliphatic carboxylic acids is 1. The Hall–Kier alpha value is -1.26. The average molecular weight is 200 g/mol. The van der Waals surface area contributed by atoms with Gasteiger partial charge in [-0.3, -0.25) is 4.79 Å². The van der Waals surface area contributed by atoms with Gasteiger partial charge in [-0.1, -0.05) is 0 Å². The summed E-state index contributed by atoms with van der Waals surface area (Å²) in [5, 5.41) is 8.51. The molecule has 1 aliphatic heterocycles. The highest BCUT2D eigenvalue weighted by Gasteiger charge is 2.29. The molecule has 0 aromatic carbocycles. The molecule has 1 saturated heterocycles. The highest BCUT2D eigenvalue weighted by Crippen LogP contribution is 2.13. The van der Waals surface area contributed by atoms with Gasteiger partial charge in [-0.25, -0.2) is 4.79 Å². The Bertz CT molecular complexity index is 242. The maximum absolute atomic E-state index is 11.5. The molecule has 1 rings (SSSR count). The third-order valence-corrected chi connectivity index (χ3v) is 2.56. The van der Waals surface area contributed by atoms with E-state index in [-0.39, 0.29) is 18.5 Å². The summed E-state index contributed by atoms with van der Waals surface area (Å²) in [5.74, 6) is -0.808. The predicted octanol–water partition coefficient (Wildman–Crippen LogP) is 0.607. The molecule has 1 atom stereocenters. The molecular weight excluding hydrogens is 184 g/mol. The number of nitrogens with zero attached hydrogens (tertiary/aromatic N) is 2. The minimum absolute atomic E-state index is 0.00267. The number of carboxylic acids is 1. The summed E-state index contributed by atoms with van der Waals surface area (Å²) in [4.78, 5) is 25.2. The first kappa shape index (κ1) is 10.8. The van der Waals surface area contributed by atoms with Crippen molar-refractivity contribution in [1.29, 1.82) is 0 Å². The Balaban J connectivity index is 2.41. The molecule has 0 aromatic rings. The monoisotopic (exact) mass is 200 g/mol. The molecule has 2 amide bonds. The molecule has 1 heterocycles. The Labute approximate surface area is 83.3 Å². The van der Waals surface area contributed by atoms with Gasteiger partial charge < -0.3 is 14.9 Å². The number of hydrogen-bond donors (Lipinski definition) is 1. The zero-order chi connectivity index (χ0) is 10.7. The molecule has 0 spiro atoms. The van der Waals surface area contributed by atoms with Crippen LogP contribution < -0.4 is 0 Å². The van der Waals surface area contributed by atoms with Gasteiger partial charge in [0, 0.05) is 32.6 Å². The zero-order valence-electron chi connectivity index (χ0n) is 8.56. The smallest absolute Gasteiger partial charge is 0.320 e. The van der Waals surface area contributed by atoms with Crippen LogP contribution in [0.15, 0.2) is 0 Å². The number of rotatable bonds is 4. The molecule has 0 aliphatic carbocycles. The van der Waals surface area contributed by atoms with Crippen LogP contribution in [0.1, 0.15) is 19.8 Å². The van der Waals surface area contributed by atoms with E-state index in [0.717, 1.165) is 6.54 Å². The molecule has 0 aromatic heterocycles. The molecule has 14 heavy (non-hydrogen) atoms. The fourth-order valence-corrected chi connectivity index (χ4v) is 1.57. The second-order valence-electron chi connectivity index (χ2n) is 3.68. The van der Waals surface area contributed by atoms with Crippen molar-refractivity contribution in [3.05, 3.63) is 0 Å². The van der Waals surface area contributed by atoms with E-state index in [2.05, 4.69) is 0 Å². The van der Waals surface area contributed by atoms with Gasteiger partial charge in [-0.15, -0.1) is 0 Å². The summed E-state index contributed by atoms with van der Waals surface area (Å²) in [5.41, 5.74) is 0. The molecule has 1 N–H and O–H groups in total. The fourth-order valence-electron chi connectivity index (χ4n) is 1.57. The molecule has 0 bridgehead atoms. The van der Waals surface area contributed by atoms with Crippen molar-refractivity contribution in [1.82, 2.24) is 9.80 Å². The number of urea groups is 1. The van der Waals surface area contributed by atoms with Gasteiger partial charge in [0.1, 0.15) is 0 Å². The molecule has 0 saturated carbocycles. The van der Waals surface area contributed by atoms with Gasteiger partial charge in [0.15, 0.2) is 0 Å². The van der Waals surface area contributed by atoms with Crippen molar-refractivity contribution >= 4 is 12.0 Å². The van der Waals surface area contributed by atoms with Crippen molar-refractivity contribution in [2.75, 3.05) is 20.1 Å². The average Bonchev–Trinajstić information content (AvgIpc) is 2.44. The summed E-state index contributed by atoms with van der Waals surface area (Å²) in [6.45, 7) is 3.33. The van der Waals surface area contributed by atoms with Crippen molar-refractivity contribution < 1.29 is 14.7 Å². The number of carbonyl (C=O) groups excluding carboxylic acids is 1. The van der Waals surface area contributed by atoms with Crippen molar-refractivity contribution in [2.24, 2.45) is 0 Å². The molecule has 5 nitrogen and oxygen atoms in total. The normalized spacial score (nSPS) is 18.9. The predicted molar refractivity (Wildman–Crippen MR) is 51.1 cm³/mol. The zero-order valence-corrected chi connectivity index (χ0v) is 8.56. The first-order valence-electron chi connectivity index (χ1n) is 4.76. The molecule has 5 heteroatoms. The summed E-state index contributed by atoms with van der Waals surface area (Å²) >= 11 is 0. The third-order valence-electron chi connectivity index (χ3n) is 2.56. The van der Waals surface area contributed by atoms with Gasteiger partial charge in [-0.05, 0) is 13.3 Å². The van der Waals surface area contributed by atoms with Gasteiger partial charge in [0.2, 0.25) is 0 Å². The summed E-state index contributed by atoms with van der Waals surface area (Å²) in [7, 11) is 1.76. The van der Waals surface area contributed by atoms with Crippen LogP contribution in [0.2, 0.25) is 0 Å². The lowest BCUT2D eigenvalue weighted by atomic mass is 10.1. The van der Waals surface area contributed by atoms with Crippen molar-refractivity contribution in [2.45, 2.75) is 25.8 Å². The second kappa shape index (κ2) is 4.30. The van der Waals surface area contributed by atoms with E-state index in [1.165, 1.54) is 0 Å². The van der Waals surface area contributed by atoms with Crippen LogP contribution in [-0.2, 0) is 4.79 Å². The van der Waals surface area contributed by atoms with E-state index < -0.39 is 5.97 Å². The van der Waals surface area contributed by atoms with Gasteiger partial charge >= 0.3 is 12.0 Å². The Morgan fingerprint density at radius 2 is 2.21 bits per heavy atom. The van der Waals surface area contributed by atoms with Crippen molar-refractivity contribution in [3.63, 3.8) is 0 Å². The number of hydrogen-bond acceptors (Lipinski definition) is 2. The highest BCUT2D eigenvalue weighted by molar-refractivity contribution is 5.76. The van der Waals surface area contributed by atoms with Crippen LogP contribution in [-0.4, -0.2) is 53.1 Å². The quantitative estimate of drug-likeness (QED) is 0.723. The molecular formula is C9H16N2O3. The van der Waals surface area contributed by atoms with E-state index >= 15 is 0 Å². The summed E-state index contributed by atoms with van der Waals surface area (Å²) in [6.07, 6.45) is 0.642. The maximum atomic E-state index is 11.5. The standard InChI is InChI=1S/C9H16N2O3/c1-7(3-4-8(12)13)11-6-5-10(2)9(11)14/h7H,3-6H2,1-2H3,(H,12,13). The Morgan fingerprint density at radius 3 is 2.64 bits per heavy atom. The second-order valence-corrected chi connectivity index (χ2v) is 3.68. The SMILES string of the molecule is CC(CCC(=O)O)N1CCN(C)C1=O. The third kappa shape index (κ3) is 2.37. The van der Waals surface area contributed by atoms with Crippen LogP contribution in [0.5, 0.6) is 0 Å². The number of carboxylic acid groups (broad SMARTS) is 1. The van der Waals surface area contributed by atoms with E-state index in [0.29, 0.717) is 13.0 Å². The lowest BCUT2D eigenvalue weighted by Gasteiger charge is -2.23. The minimum Gasteiger partial charge on any atom is -0.481 e. The van der Waals surface area contributed by atoms with E-state index in [4.69, 9.17) is 5.11 Å². The lowest BCUT2D eigenvalue weighted by Crippen LogP contribution is -2.36. The van der Waals surface area contributed by atoms with Crippen LogP contribution in [0.3, 0.4) is 0 Å². The van der Waals surface area contributed by atoms with E-state index in [1.807, 2.05) is 6.92 Å². The summed E-state index contributed by atoms with van der Waals surface area (Å²) in [6, 6.07) is 0.0199. The number of likely N-dealkylation sites (N-methyl/N-ethyl adjacent to an activating group) is 1. The van der Waals surface area contributed by atoms with E-state index in [9.17, 15) is 9.59 Å². The van der Waals surface area contributed by atoms with E-state index in [1.54, 1.807) is 16.8 Å². The number of amides is 2. The molecule has 1 unspecified atom stereocenters. The van der Waals surface area contributed by atoms with Gasteiger partial charge in [0.25, 0.3) is 0 Å². The fraction of sp³-hybridized carbons (Fsp3) is 0.778. The van der Waals surface area contributed by atoms with Crippen LogP contribution in [0, 0.1) is 0 Å². The lowest BCUT2D eigenvalue weighted by molar-refractivity contribution is -0.137. The maximum Gasteiger partial charge on any atom is 0.320 e. The molecule has 1 aliphatic rings. The molecule has 1 fully saturated rings. The number of carbonyl (C=O) groups is 2. The topological polar surface area (TPSA) is 60.9 Å². The first-order valence-corrected chi connectivity index (χ1v) is 4.76. The minimum atomic E-state index is -0.808. The van der Waals surface area contributed by atoms with Gasteiger partial charge in [0.05, 0.1) is 0 Å². The van der Waals surface area contributed by atoms with Crippen LogP contribution in [0.25, 0.3) is 0 Å². The first-order chi connectivity index (χ1) is 6.52. The van der Waals surface area contributed by atoms with Crippen LogP contribution in [0.4, 0.5) is 4.79 Å². The largest absolute Gasteiger partial charge is 0.481 e. The summed E-state index contributed by atoms with van der Waals surface area (Å²) < 4.78 is 0. The molecule has 80 valence electrons. The molecule has 0 radical (unpaired) electrons. The van der Waals surface area contributed by atoms with Gasteiger partial charge in [-0.2, -0.15) is 0 Å². The highest BCUT2D eigenvalue weighted by atomic mass is 16.4. The van der Waals surface area contributed by atoms with Crippen molar-refractivity contribution in [3.8, 4) is 0 Å². The Kier molecular flexibility index (Phi) is 3.33. The van der Waals surface area contributed by atoms with Crippen LogP contribution >= 0.6 is 0 Å². The Morgan fingerprint density at radius 1 is 1.57 bits per heavy atom.